The molecule has 0 aliphatic heterocycles. The van der Waals surface area contributed by atoms with Gasteiger partial charge in [-0.3, -0.25) is 0 Å². The molecule has 5 heteroatoms. The standard InChI is InChI=1S/C14H10N4O/c19-14-17-16-13-11-8-10(12-2-1-6-15-12)4-3-9(11)5-7-18(13)14/h1-8,15H,(H,17,19). The second-order valence-electron chi connectivity index (χ2n) is 4.42. The van der Waals surface area contributed by atoms with Crippen LogP contribution in [0.3, 0.4) is 0 Å². The van der Waals surface area contributed by atoms with E-state index < -0.39 is 0 Å². The van der Waals surface area contributed by atoms with Crippen LogP contribution in [0.5, 0.6) is 0 Å². The molecule has 1 aromatic carbocycles. The smallest absolute Gasteiger partial charge is 0.347 e. The van der Waals surface area contributed by atoms with Crippen molar-refractivity contribution in [1.82, 2.24) is 19.6 Å². The SMILES string of the molecule is O=c1[nH]nc2c3cc(-c4ccc[nH]4)ccc3ccn12. The minimum Gasteiger partial charge on any atom is -0.361 e. The summed E-state index contributed by atoms with van der Waals surface area (Å²) in [4.78, 5) is 14.7. The highest BCUT2D eigenvalue weighted by molar-refractivity contribution is 5.96. The number of aromatic nitrogens is 4. The van der Waals surface area contributed by atoms with Gasteiger partial charge in [0.05, 0.1) is 0 Å². The van der Waals surface area contributed by atoms with Crippen molar-refractivity contribution in [3.05, 3.63) is 59.3 Å². The van der Waals surface area contributed by atoms with E-state index in [1.807, 2.05) is 36.5 Å². The van der Waals surface area contributed by atoms with E-state index in [4.69, 9.17) is 0 Å². The molecule has 0 saturated carbocycles. The first-order valence-corrected chi connectivity index (χ1v) is 5.96. The number of rotatable bonds is 1. The minimum atomic E-state index is -0.220. The van der Waals surface area contributed by atoms with Gasteiger partial charge < -0.3 is 4.98 Å². The van der Waals surface area contributed by atoms with Crippen LogP contribution in [-0.4, -0.2) is 19.6 Å². The van der Waals surface area contributed by atoms with Crippen LogP contribution in [0.25, 0.3) is 27.7 Å². The number of H-pyrrole nitrogens is 2. The molecule has 3 heterocycles. The second kappa shape index (κ2) is 3.58. The first kappa shape index (κ1) is 10.1. The monoisotopic (exact) mass is 250 g/mol. The second-order valence-corrected chi connectivity index (χ2v) is 4.42. The fourth-order valence-electron chi connectivity index (χ4n) is 2.36. The summed E-state index contributed by atoms with van der Waals surface area (Å²) in [6.07, 6.45) is 3.62. The van der Waals surface area contributed by atoms with Gasteiger partial charge in [-0.05, 0) is 35.2 Å². The van der Waals surface area contributed by atoms with E-state index in [0.29, 0.717) is 5.65 Å². The topological polar surface area (TPSA) is 66.0 Å². The number of pyridine rings is 1. The Kier molecular flexibility index (Phi) is 1.91. The van der Waals surface area contributed by atoms with Crippen molar-refractivity contribution in [2.24, 2.45) is 0 Å². The van der Waals surface area contributed by atoms with Gasteiger partial charge in [-0.25, -0.2) is 14.3 Å². The Balaban J connectivity index is 2.11. The minimum absolute atomic E-state index is 0.220. The highest BCUT2D eigenvalue weighted by Crippen LogP contribution is 2.24. The van der Waals surface area contributed by atoms with E-state index in [-0.39, 0.29) is 5.69 Å². The number of hydrogen-bond donors (Lipinski definition) is 2. The number of hydrogen-bond acceptors (Lipinski definition) is 2. The highest BCUT2D eigenvalue weighted by atomic mass is 16.1. The van der Waals surface area contributed by atoms with Crippen LogP contribution in [0.2, 0.25) is 0 Å². The van der Waals surface area contributed by atoms with Crippen molar-refractivity contribution in [3.63, 3.8) is 0 Å². The van der Waals surface area contributed by atoms with Gasteiger partial charge in [-0.15, -0.1) is 0 Å². The number of benzene rings is 1. The molecule has 0 atom stereocenters. The molecular weight excluding hydrogens is 240 g/mol. The normalized spacial score (nSPS) is 11.4. The molecule has 0 saturated heterocycles. The average Bonchev–Trinajstić information content (AvgIpc) is 3.08. The van der Waals surface area contributed by atoms with E-state index in [2.05, 4.69) is 21.2 Å². The van der Waals surface area contributed by atoms with Crippen molar-refractivity contribution in [2.45, 2.75) is 0 Å². The van der Waals surface area contributed by atoms with Crippen LogP contribution < -0.4 is 5.69 Å². The Morgan fingerprint density at radius 3 is 2.95 bits per heavy atom. The highest BCUT2D eigenvalue weighted by Gasteiger charge is 2.07. The molecule has 2 N–H and O–H groups in total. The van der Waals surface area contributed by atoms with Gasteiger partial charge in [0, 0.05) is 23.5 Å². The predicted molar refractivity (Wildman–Crippen MR) is 73.1 cm³/mol. The van der Waals surface area contributed by atoms with Gasteiger partial charge in [-0.2, -0.15) is 5.10 Å². The lowest BCUT2D eigenvalue weighted by molar-refractivity contribution is 1.02. The molecule has 0 amide bonds. The third-order valence-electron chi connectivity index (χ3n) is 3.31. The lowest BCUT2D eigenvalue weighted by atomic mass is 10.1. The number of fused-ring (bicyclic) bond motifs is 3. The molecule has 0 aliphatic rings. The van der Waals surface area contributed by atoms with Crippen molar-refractivity contribution in [2.75, 3.05) is 0 Å². The summed E-state index contributed by atoms with van der Waals surface area (Å²) >= 11 is 0. The summed E-state index contributed by atoms with van der Waals surface area (Å²) in [5, 5.41) is 8.57. The van der Waals surface area contributed by atoms with Gasteiger partial charge in [0.15, 0.2) is 5.65 Å². The molecule has 0 aliphatic carbocycles. The molecule has 0 fully saturated rings. The predicted octanol–water partition coefficient (Wildman–Crippen LogP) is 2.17. The summed E-state index contributed by atoms with van der Waals surface area (Å²) < 4.78 is 1.51. The molecule has 92 valence electrons. The summed E-state index contributed by atoms with van der Waals surface area (Å²) in [7, 11) is 0. The van der Waals surface area contributed by atoms with Crippen LogP contribution in [0.15, 0.2) is 53.6 Å². The number of nitrogens with one attached hydrogen (secondary N) is 2. The molecule has 0 bridgehead atoms. The number of aromatic amines is 2. The maximum Gasteiger partial charge on any atom is 0.347 e. The van der Waals surface area contributed by atoms with E-state index in [0.717, 1.165) is 22.0 Å². The van der Waals surface area contributed by atoms with Gasteiger partial charge in [0.2, 0.25) is 0 Å². The molecule has 0 spiro atoms. The Morgan fingerprint density at radius 1 is 1.16 bits per heavy atom. The largest absolute Gasteiger partial charge is 0.361 e. The third-order valence-corrected chi connectivity index (χ3v) is 3.31. The van der Waals surface area contributed by atoms with Gasteiger partial charge in [0.25, 0.3) is 0 Å². The van der Waals surface area contributed by atoms with Crippen LogP contribution in [0.4, 0.5) is 0 Å². The van der Waals surface area contributed by atoms with Crippen molar-refractivity contribution in [3.8, 4) is 11.3 Å². The lowest BCUT2D eigenvalue weighted by Crippen LogP contribution is -2.08. The van der Waals surface area contributed by atoms with E-state index in [1.165, 1.54) is 4.40 Å². The number of nitrogens with zero attached hydrogens (tertiary/aromatic N) is 2. The van der Waals surface area contributed by atoms with Gasteiger partial charge in [0.1, 0.15) is 0 Å². The molecule has 19 heavy (non-hydrogen) atoms. The van der Waals surface area contributed by atoms with Crippen molar-refractivity contribution < 1.29 is 0 Å². The summed E-state index contributed by atoms with van der Waals surface area (Å²) in [6, 6.07) is 12.0. The Bertz CT molecular complexity index is 931. The fraction of sp³-hybridized carbons (Fsp3) is 0. The van der Waals surface area contributed by atoms with Crippen LogP contribution in [-0.2, 0) is 0 Å². The Morgan fingerprint density at radius 2 is 2.11 bits per heavy atom. The van der Waals surface area contributed by atoms with Crippen LogP contribution in [0, 0.1) is 0 Å². The van der Waals surface area contributed by atoms with Crippen LogP contribution >= 0.6 is 0 Å². The Hall–Kier alpha value is -2.82. The fourth-order valence-corrected chi connectivity index (χ4v) is 2.36. The van der Waals surface area contributed by atoms with E-state index >= 15 is 0 Å². The van der Waals surface area contributed by atoms with Crippen molar-refractivity contribution in [1.29, 1.82) is 0 Å². The first-order chi connectivity index (χ1) is 9.33. The molecule has 4 rings (SSSR count). The molecular formula is C14H10N4O. The molecule has 0 unspecified atom stereocenters. The average molecular weight is 250 g/mol. The lowest BCUT2D eigenvalue weighted by Gasteiger charge is -2.03. The molecule has 4 aromatic rings. The zero-order chi connectivity index (χ0) is 12.8. The van der Waals surface area contributed by atoms with E-state index in [1.54, 1.807) is 6.20 Å². The zero-order valence-electron chi connectivity index (χ0n) is 9.92. The van der Waals surface area contributed by atoms with Crippen LogP contribution in [0.1, 0.15) is 0 Å². The maximum absolute atomic E-state index is 11.6. The van der Waals surface area contributed by atoms with Gasteiger partial charge >= 0.3 is 5.69 Å². The molecule has 5 nitrogen and oxygen atoms in total. The molecule has 0 radical (unpaired) electrons. The summed E-state index contributed by atoms with van der Waals surface area (Å²) in [5.41, 5.74) is 2.54. The Labute approximate surface area is 107 Å². The van der Waals surface area contributed by atoms with Crippen molar-refractivity contribution >= 4 is 16.4 Å². The summed E-state index contributed by atoms with van der Waals surface area (Å²) in [5.74, 6) is 0. The van der Waals surface area contributed by atoms with Gasteiger partial charge in [-0.1, -0.05) is 12.1 Å². The quantitative estimate of drug-likeness (QED) is 0.543. The zero-order valence-corrected chi connectivity index (χ0v) is 9.92. The maximum atomic E-state index is 11.6. The third kappa shape index (κ3) is 1.41. The molecule has 3 aromatic heterocycles. The first-order valence-electron chi connectivity index (χ1n) is 5.96. The summed E-state index contributed by atoms with van der Waals surface area (Å²) in [6.45, 7) is 0. The van der Waals surface area contributed by atoms with E-state index in [9.17, 15) is 4.79 Å².